The summed E-state index contributed by atoms with van der Waals surface area (Å²) in [7, 11) is 1.69. The number of aliphatic hydroxyl groups excluding tert-OH is 1. The van der Waals surface area contributed by atoms with Gasteiger partial charge in [-0.3, -0.25) is 0 Å². The van der Waals surface area contributed by atoms with Crippen LogP contribution in [0.3, 0.4) is 0 Å². The highest BCUT2D eigenvalue weighted by atomic mass is 32.2. The Labute approximate surface area is 124 Å². The van der Waals surface area contributed by atoms with E-state index in [9.17, 15) is 0 Å². The van der Waals surface area contributed by atoms with E-state index in [2.05, 4.69) is 23.5 Å². The van der Waals surface area contributed by atoms with Gasteiger partial charge in [0.25, 0.3) is 0 Å². The molecule has 106 valence electrons. The Bertz CT molecular complexity index is 572. The Morgan fingerprint density at radius 1 is 1.15 bits per heavy atom. The first-order chi connectivity index (χ1) is 9.76. The van der Waals surface area contributed by atoms with Gasteiger partial charge in [-0.1, -0.05) is 18.2 Å². The number of benzene rings is 2. The summed E-state index contributed by atoms with van der Waals surface area (Å²) in [6, 6.07) is 14.0. The van der Waals surface area contributed by atoms with Crippen LogP contribution in [-0.4, -0.2) is 18.5 Å². The number of aliphatic hydroxyl groups is 1. The van der Waals surface area contributed by atoms with E-state index in [0.717, 1.165) is 34.0 Å². The lowest BCUT2D eigenvalue weighted by molar-refractivity contribution is 0.282. The Kier molecular flexibility index (Phi) is 5.32. The van der Waals surface area contributed by atoms with Crippen molar-refractivity contribution in [2.75, 3.05) is 18.7 Å². The number of hydrogen-bond acceptors (Lipinski definition) is 4. The molecule has 2 aromatic carbocycles. The van der Waals surface area contributed by atoms with E-state index in [-0.39, 0.29) is 6.61 Å². The normalized spacial score (nSPS) is 10.3. The number of thioether (sulfide) groups is 1. The molecule has 0 radical (unpaired) electrons. The molecule has 0 bridgehead atoms. The maximum absolute atomic E-state index is 9.13. The van der Waals surface area contributed by atoms with Gasteiger partial charge in [0, 0.05) is 17.1 Å². The lowest BCUT2D eigenvalue weighted by Gasteiger charge is -2.11. The average molecular weight is 289 g/mol. The number of nitrogens with one attached hydrogen (secondary N) is 1. The van der Waals surface area contributed by atoms with Gasteiger partial charge in [0.05, 0.1) is 13.7 Å². The molecule has 3 nitrogen and oxygen atoms in total. The molecule has 0 aliphatic heterocycles. The van der Waals surface area contributed by atoms with Gasteiger partial charge in [-0.25, -0.2) is 0 Å². The molecule has 0 aromatic heterocycles. The fraction of sp³-hybridized carbons (Fsp3) is 0.250. The van der Waals surface area contributed by atoms with Gasteiger partial charge in [0.15, 0.2) is 0 Å². The summed E-state index contributed by atoms with van der Waals surface area (Å²) in [4.78, 5) is 1.14. The summed E-state index contributed by atoms with van der Waals surface area (Å²) in [6.07, 6.45) is 2.04. The first-order valence-corrected chi connectivity index (χ1v) is 7.64. The molecule has 0 spiro atoms. The van der Waals surface area contributed by atoms with Crippen LogP contribution >= 0.6 is 11.8 Å². The minimum Gasteiger partial charge on any atom is -0.496 e. The van der Waals surface area contributed by atoms with E-state index in [1.165, 1.54) is 0 Å². The van der Waals surface area contributed by atoms with E-state index in [1.807, 2.05) is 30.5 Å². The summed E-state index contributed by atoms with van der Waals surface area (Å²) < 4.78 is 5.38. The van der Waals surface area contributed by atoms with Crippen molar-refractivity contribution in [3.05, 3.63) is 53.6 Å². The van der Waals surface area contributed by atoms with Crippen molar-refractivity contribution < 1.29 is 9.84 Å². The van der Waals surface area contributed by atoms with Crippen molar-refractivity contribution in [1.82, 2.24) is 0 Å². The zero-order valence-electron chi connectivity index (χ0n) is 11.7. The smallest absolute Gasteiger partial charge is 0.132 e. The zero-order valence-corrected chi connectivity index (χ0v) is 12.5. The third kappa shape index (κ3) is 3.68. The molecule has 0 saturated heterocycles. The number of rotatable bonds is 6. The molecule has 2 rings (SSSR count). The fourth-order valence-electron chi connectivity index (χ4n) is 1.97. The first-order valence-electron chi connectivity index (χ1n) is 6.41. The van der Waals surface area contributed by atoms with Crippen molar-refractivity contribution in [3.63, 3.8) is 0 Å². The highest BCUT2D eigenvalue weighted by Crippen LogP contribution is 2.28. The van der Waals surface area contributed by atoms with Crippen molar-refractivity contribution in [2.24, 2.45) is 0 Å². The number of hydrogen-bond donors (Lipinski definition) is 2. The number of methoxy groups -OCH3 is 1. The predicted octanol–water partition coefficient (Wildman–Crippen LogP) is 3.52. The predicted molar refractivity (Wildman–Crippen MR) is 84.5 cm³/mol. The van der Waals surface area contributed by atoms with Crippen LogP contribution in [0.4, 0.5) is 5.69 Å². The van der Waals surface area contributed by atoms with Crippen LogP contribution in [0.15, 0.2) is 47.4 Å². The molecule has 0 saturated carbocycles. The maximum Gasteiger partial charge on any atom is 0.132 e. The Hall–Kier alpha value is -1.65. The molecule has 0 fully saturated rings. The number of anilines is 1. The Balaban J connectivity index is 2.06. The van der Waals surface area contributed by atoms with Crippen LogP contribution in [0, 0.1) is 0 Å². The second kappa shape index (κ2) is 7.22. The molecule has 0 heterocycles. The molecule has 2 aromatic rings. The van der Waals surface area contributed by atoms with Crippen LogP contribution in [0.2, 0.25) is 0 Å². The van der Waals surface area contributed by atoms with Crippen molar-refractivity contribution in [3.8, 4) is 5.75 Å². The zero-order chi connectivity index (χ0) is 14.4. The molecule has 0 unspecified atom stereocenters. The van der Waals surface area contributed by atoms with Crippen LogP contribution in [0.25, 0.3) is 0 Å². The molecule has 20 heavy (non-hydrogen) atoms. The van der Waals surface area contributed by atoms with Crippen molar-refractivity contribution in [1.29, 1.82) is 0 Å². The fourth-order valence-corrected chi connectivity index (χ4v) is 2.52. The van der Waals surface area contributed by atoms with Gasteiger partial charge in [0.1, 0.15) is 5.75 Å². The SMILES string of the molecule is COc1cc(CNc2cccc(CO)c2)ccc1SC. The molecular formula is C16H19NO2S. The van der Waals surface area contributed by atoms with Crippen LogP contribution in [0.1, 0.15) is 11.1 Å². The molecular weight excluding hydrogens is 270 g/mol. The summed E-state index contributed by atoms with van der Waals surface area (Å²) >= 11 is 1.67. The van der Waals surface area contributed by atoms with E-state index in [4.69, 9.17) is 9.84 Å². The Morgan fingerprint density at radius 2 is 2.00 bits per heavy atom. The quantitative estimate of drug-likeness (QED) is 0.798. The first kappa shape index (κ1) is 14.8. The summed E-state index contributed by atoms with van der Waals surface area (Å²) in [5, 5.41) is 12.5. The van der Waals surface area contributed by atoms with Gasteiger partial charge in [-0.05, 0) is 41.6 Å². The lowest BCUT2D eigenvalue weighted by atomic mass is 10.2. The minimum atomic E-state index is 0.0613. The second-order valence-electron chi connectivity index (χ2n) is 4.40. The molecule has 0 atom stereocenters. The van der Waals surface area contributed by atoms with Gasteiger partial charge in [-0.2, -0.15) is 0 Å². The van der Waals surface area contributed by atoms with Gasteiger partial charge < -0.3 is 15.2 Å². The van der Waals surface area contributed by atoms with E-state index in [1.54, 1.807) is 18.9 Å². The second-order valence-corrected chi connectivity index (χ2v) is 5.25. The van der Waals surface area contributed by atoms with E-state index in [0.29, 0.717) is 0 Å². The van der Waals surface area contributed by atoms with Crippen molar-refractivity contribution >= 4 is 17.4 Å². The standard InChI is InChI=1S/C16H19NO2S/c1-19-15-9-12(6-7-16(15)20-2)10-17-14-5-3-4-13(8-14)11-18/h3-9,17-18H,10-11H2,1-2H3. The maximum atomic E-state index is 9.13. The largest absolute Gasteiger partial charge is 0.496 e. The summed E-state index contributed by atoms with van der Waals surface area (Å²) in [6.45, 7) is 0.783. The van der Waals surface area contributed by atoms with Crippen LogP contribution in [-0.2, 0) is 13.2 Å². The summed E-state index contributed by atoms with van der Waals surface area (Å²) in [5.41, 5.74) is 3.07. The van der Waals surface area contributed by atoms with Crippen LogP contribution < -0.4 is 10.1 Å². The van der Waals surface area contributed by atoms with Crippen LogP contribution in [0.5, 0.6) is 5.75 Å². The van der Waals surface area contributed by atoms with E-state index >= 15 is 0 Å². The lowest BCUT2D eigenvalue weighted by Crippen LogP contribution is -2.00. The topological polar surface area (TPSA) is 41.5 Å². The third-order valence-corrected chi connectivity index (χ3v) is 3.83. The highest BCUT2D eigenvalue weighted by Gasteiger charge is 2.03. The molecule has 2 N–H and O–H groups in total. The molecule has 0 amide bonds. The minimum absolute atomic E-state index is 0.0613. The highest BCUT2D eigenvalue weighted by molar-refractivity contribution is 7.98. The Morgan fingerprint density at radius 3 is 2.70 bits per heavy atom. The van der Waals surface area contributed by atoms with Gasteiger partial charge >= 0.3 is 0 Å². The van der Waals surface area contributed by atoms with E-state index < -0.39 is 0 Å². The molecule has 0 aliphatic carbocycles. The average Bonchev–Trinajstić information content (AvgIpc) is 2.52. The van der Waals surface area contributed by atoms with Crippen molar-refractivity contribution in [2.45, 2.75) is 18.0 Å². The molecule has 0 aliphatic rings. The van der Waals surface area contributed by atoms with Gasteiger partial charge in [0.2, 0.25) is 0 Å². The number of ether oxygens (including phenoxy) is 1. The van der Waals surface area contributed by atoms with Gasteiger partial charge in [-0.15, -0.1) is 11.8 Å². The third-order valence-electron chi connectivity index (χ3n) is 3.05. The monoisotopic (exact) mass is 289 g/mol. The molecule has 4 heteroatoms. The summed E-state index contributed by atoms with van der Waals surface area (Å²) in [5.74, 6) is 0.904.